The molecule has 6 heteroatoms. The van der Waals surface area contributed by atoms with Crippen molar-refractivity contribution >= 4 is 29.1 Å². The number of azide groups is 1. The average molecular weight is 216 g/mol. The lowest BCUT2D eigenvalue weighted by Crippen LogP contribution is -1.94. The number of rotatable bonds is 1. The van der Waals surface area contributed by atoms with Crippen molar-refractivity contribution in [1.29, 1.82) is 0 Å². The van der Waals surface area contributed by atoms with Crippen molar-refractivity contribution in [1.82, 2.24) is 0 Å². The molecule has 66 valence electrons. The number of benzene rings is 1. The van der Waals surface area contributed by atoms with Gasteiger partial charge in [-0.3, -0.25) is 4.79 Å². The van der Waals surface area contributed by atoms with Gasteiger partial charge in [-0.25, -0.2) is 0 Å². The summed E-state index contributed by atoms with van der Waals surface area (Å²) < 4.78 is 0. The quantitative estimate of drug-likeness (QED) is 0.402. The lowest BCUT2D eigenvalue weighted by atomic mass is 10.2. The van der Waals surface area contributed by atoms with Gasteiger partial charge in [0.25, 0.3) is 5.91 Å². The Hall–Kier alpha value is -1.22. The predicted molar refractivity (Wildman–Crippen MR) is 49.9 cm³/mol. The average Bonchev–Trinajstić information content (AvgIpc) is 2.10. The third-order valence-corrected chi connectivity index (χ3v) is 2.14. The molecule has 0 radical (unpaired) electrons. The Bertz CT molecular complexity index is 399. The highest BCUT2D eigenvalue weighted by molar-refractivity contribution is 6.43. The van der Waals surface area contributed by atoms with Crippen molar-refractivity contribution < 1.29 is 4.79 Å². The van der Waals surface area contributed by atoms with E-state index in [2.05, 4.69) is 10.0 Å². The molecular formula is C7H3Cl2N3O. The highest BCUT2D eigenvalue weighted by Gasteiger charge is 2.10. The maximum atomic E-state index is 11.1. The van der Waals surface area contributed by atoms with Crippen LogP contribution in [0.25, 0.3) is 10.4 Å². The Labute approximate surface area is 83.7 Å². The molecule has 4 nitrogen and oxygen atoms in total. The van der Waals surface area contributed by atoms with Gasteiger partial charge in [0.05, 0.1) is 10.0 Å². The number of hydrogen-bond acceptors (Lipinski definition) is 1. The predicted octanol–water partition coefficient (Wildman–Crippen LogP) is 3.44. The van der Waals surface area contributed by atoms with Gasteiger partial charge in [0.1, 0.15) is 0 Å². The summed E-state index contributed by atoms with van der Waals surface area (Å²) in [6, 6.07) is 4.52. The van der Waals surface area contributed by atoms with Crippen LogP contribution >= 0.6 is 23.2 Å². The third-order valence-electron chi connectivity index (χ3n) is 1.32. The minimum Gasteiger partial charge on any atom is -0.287 e. The Balaban J connectivity index is 3.22. The van der Waals surface area contributed by atoms with Crippen molar-refractivity contribution in [2.75, 3.05) is 0 Å². The van der Waals surface area contributed by atoms with Crippen molar-refractivity contribution in [3.05, 3.63) is 44.3 Å². The van der Waals surface area contributed by atoms with Gasteiger partial charge < -0.3 is 0 Å². The lowest BCUT2D eigenvalue weighted by molar-refractivity contribution is 0.100. The Morgan fingerprint density at radius 1 is 1.46 bits per heavy atom. The summed E-state index contributed by atoms with van der Waals surface area (Å²) in [6.07, 6.45) is 0. The fourth-order valence-electron chi connectivity index (χ4n) is 0.763. The standard InChI is InChI=1S/C7H3Cl2N3O/c8-5-3-1-2-4(6(5)9)7(13)11-12-10/h1-3H. The molecular weight excluding hydrogens is 213 g/mol. The number of halogens is 2. The van der Waals surface area contributed by atoms with Crippen LogP contribution in [0.2, 0.25) is 10.0 Å². The van der Waals surface area contributed by atoms with Gasteiger partial charge in [0.2, 0.25) is 0 Å². The summed E-state index contributed by atoms with van der Waals surface area (Å²) in [5.74, 6) is -0.741. The Kier molecular flexibility index (Phi) is 3.14. The second-order valence-electron chi connectivity index (χ2n) is 2.10. The number of hydrogen-bond donors (Lipinski definition) is 0. The molecule has 1 aromatic carbocycles. The molecule has 1 amide bonds. The first-order valence-corrected chi connectivity index (χ1v) is 3.96. The molecule has 0 atom stereocenters. The molecule has 0 heterocycles. The van der Waals surface area contributed by atoms with Crippen LogP contribution in [-0.4, -0.2) is 5.91 Å². The summed E-state index contributed by atoms with van der Waals surface area (Å²) in [5, 5.41) is 3.24. The van der Waals surface area contributed by atoms with Gasteiger partial charge in [-0.05, 0) is 22.8 Å². The van der Waals surface area contributed by atoms with Crippen LogP contribution in [0.3, 0.4) is 0 Å². The summed E-state index contributed by atoms with van der Waals surface area (Å²) in [4.78, 5) is 13.4. The molecule has 0 fully saturated rings. The molecule has 0 unspecified atom stereocenters. The minimum atomic E-state index is -0.741. The van der Waals surface area contributed by atoms with Gasteiger partial charge in [-0.15, -0.1) is 0 Å². The zero-order valence-corrected chi connectivity index (χ0v) is 7.75. The first-order chi connectivity index (χ1) is 6.16. The van der Waals surface area contributed by atoms with E-state index < -0.39 is 5.91 Å². The van der Waals surface area contributed by atoms with Crippen LogP contribution < -0.4 is 0 Å². The molecule has 1 aromatic rings. The van der Waals surface area contributed by atoms with E-state index >= 15 is 0 Å². The highest BCUT2D eigenvalue weighted by atomic mass is 35.5. The van der Waals surface area contributed by atoms with E-state index in [1.807, 2.05) is 0 Å². The molecule has 0 spiro atoms. The van der Waals surface area contributed by atoms with Crippen LogP contribution in [0, 0.1) is 0 Å². The van der Waals surface area contributed by atoms with E-state index in [0.717, 1.165) is 0 Å². The molecule has 0 aromatic heterocycles. The van der Waals surface area contributed by atoms with Crippen LogP contribution in [-0.2, 0) is 0 Å². The maximum absolute atomic E-state index is 11.1. The van der Waals surface area contributed by atoms with Gasteiger partial charge in [0, 0.05) is 10.5 Å². The summed E-state index contributed by atoms with van der Waals surface area (Å²) in [6.45, 7) is 0. The zero-order chi connectivity index (χ0) is 9.84. The van der Waals surface area contributed by atoms with Gasteiger partial charge in [-0.2, -0.15) is 0 Å². The molecule has 0 aliphatic carbocycles. The SMILES string of the molecule is [N-]=[N+]=NC(=O)c1cccc(Cl)c1Cl. The molecule has 13 heavy (non-hydrogen) atoms. The highest BCUT2D eigenvalue weighted by Crippen LogP contribution is 2.25. The monoisotopic (exact) mass is 215 g/mol. The van der Waals surface area contributed by atoms with Crippen LogP contribution in [0.1, 0.15) is 10.4 Å². The topological polar surface area (TPSA) is 65.8 Å². The van der Waals surface area contributed by atoms with Gasteiger partial charge in [-0.1, -0.05) is 29.3 Å². The number of nitrogens with zero attached hydrogens (tertiary/aromatic N) is 3. The Morgan fingerprint density at radius 3 is 2.77 bits per heavy atom. The lowest BCUT2D eigenvalue weighted by Gasteiger charge is -1.99. The first-order valence-electron chi connectivity index (χ1n) is 3.20. The maximum Gasteiger partial charge on any atom is 0.250 e. The number of carbonyl (C=O) groups excluding carboxylic acids is 1. The number of carbonyl (C=O) groups is 1. The molecule has 0 bridgehead atoms. The fourth-order valence-corrected chi connectivity index (χ4v) is 1.14. The third kappa shape index (κ3) is 2.12. The molecule has 0 N–H and O–H groups in total. The van der Waals surface area contributed by atoms with Crippen molar-refractivity contribution in [3.63, 3.8) is 0 Å². The zero-order valence-electron chi connectivity index (χ0n) is 6.24. The largest absolute Gasteiger partial charge is 0.287 e. The van der Waals surface area contributed by atoms with Crippen molar-refractivity contribution in [2.45, 2.75) is 0 Å². The van der Waals surface area contributed by atoms with E-state index in [1.165, 1.54) is 12.1 Å². The summed E-state index contributed by atoms with van der Waals surface area (Å²) >= 11 is 11.3. The Morgan fingerprint density at radius 2 is 2.15 bits per heavy atom. The van der Waals surface area contributed by atoms with Gasteiger partial charge in [0.15, 0.2) is 0 Å². The van der Waals surface area contributed by atoms with E-state index in [-0.39, 0.29) is 15.6 Å². The smallest absolute Gasteiger partial charge is 0.250 e. The minimum absolute atomic E-state index is 0.0987. The second-order valence-corrected chi connectivity index (χ2v) is 2.88. The first kappa shape index (κ1) is 9.86. The van der Waals surface area contributed by atoms with Crippen LogP contribution in [0.5, 0.6) is 0 Å². The molecule has 0 saturated heterocycles. The normalized spacial score (nSPS) is 9.08. The van der Waals surface area contributed by atoms with E-state index in [0.29, 0.717) is 0 Å². The number of amides is 1. The van der Waals surface area contributed by atoms with Gasteiger partial charge >= 0.3 is 0 Å². The van der Waals surface area contributed by atoms with E-state index in [1.54, 1.807) is 6.07 Å². The second kappa shape index (κ2) is 4.14. The van der Waals surface area contributed by atoms with Crippen LogP contribution in [0.15, 0.2) is 23.3 Å². The summed E-state index contributed by atoms with van der Waals surface area (Å²) in [5.41, 5.74) is 8.12. The molecule has 0 aliphatic heterocycles. The van der Waals surface area contributed by atoms with E-state index in [4.69, 9.17) is 28.7 Å². The molecule has 0 aliphatic rings. The fraction of sp³-hybridized carbons (Fsp3) is 0. The van der Waals surface area contributed by atoms with E-state index in [9.17, 15) is 4.79 Å². The van der Waals surface area contributed by atoms with Crippen molar-refractivity contribution in [2.24, 2.45) is 5.11 Å². The van der Waals surface area contributed by atoms with Crippen molar-refractivity contribution in [3.8, 4) is 0 Å². The summed E-state index contributed by atoms with van der Waals surface area (Å²) in [7, 11) is 0. The van der Waals surface area contributed by atoms with Crippen LogP contribution in [0.4, 0.5) is 0 Å². The molecule has 0 saturated carbocycles. The molecule has 1 rings (SSSR count).